The van der Waals surface area contributed by atoms with Crippen LogP contribution in [0, 0.1) is 25.1 Å². The first-order valence-electron chi connectivity index (χ1n) is 4.63. The zero-order valence-corrected chi connectivity index (χ0v) is 8.31. The van der Waals surface area contributed by atoms with E-state index in [1.165, 1.54) is 6.07 Å². The Bertz CT molecular complexity index is 339. The van der Waals surface area contributed by atoms with E-state index in [4.69, 9.17) is 6.42 Å². The molecule has 0 atom stereocenters. The van der Waals surface area contributed by atoms with Gasteiger partial charge >= 0.3 is 0 Å². The van der Waals surface area contributed by atoms with Crippen molar-refractivity contribution in [3.05, 3.63) is 35.1 Å². The van der Waals surface area contributed by atoms with Crippen molar-refractivity contribution in [2.75, 3.05) is 6.54 Å². The predicted molar refractivity (Wildman–Crippen MR) is 56.3 cm³/mol. The lowest BCUT2D eigenvalue weighted by Crippen LogP contribution is -2.14. The number of rotatable bonds is 4. The van der Waals surface area contributed by atoms with Crippen molar-refractivity contribution in [2.45, 2.75) is 19.9 Å². The fourth-order valence-electron chi connectivity index (χ4n) is 1.21. The molecule has 1 N–H and O–H groups in total. The number of hydrogen-bond acceptors (Lipinski definition) is 1. The third kappa shape index (κ3) is 3.20. The summed E-state index contributed by atoms with van der Waals surface area (Å²) >= 11 is 0. The van der Waals surface area contributed by atoms with Gasteiger partial charge in [0.05, 0.1) is 0 Å². The molecule has 0 aliphatic rings. The van der Waals surface area contributed by atoms with Crippen LogP contribution in [0.2, 0.25) is 0 Å². The first-order valence-corrected chi connectivity index (χ1v) is 4.63. The molecule has 2 heteroatoms. The van der Waals surface area contributed by atoms with Gasteiger partial charge in [-0.15, -0.1) is 12.3 Å². The summed E-state index contributed by atoms with van der Waals surface area (Å²) in [6, 6.07) is 5.12. The molecule has 0 amide bonds. The summed E-state index contributed by atoms with van der Waals surface area (Å²) < 4.78 is 12.9. The fourth-order valence-corrected chi connectivity index (χ4v) is 1.21. The van der Waals surface area contributed by atoms with E-state index in [2.05, 4.69) is 11.2 Å². The highest BCUT2D eigenvalue weighted by Crippen LogP contribution is 2.08. The summed E-state index contributed by atoms with van der Waals surface area (Å²) in [7, 11) is 0. The Hall–Kier alpha value is -1.33. The minimum absolute atomic E-state index is 0.155. The SMILES string of the molecule is C#CCCNCc1ccc(F)c(C)c1. The Balaban J connectivity index is 2.44. The number of terminal acetylenes is 1. The molecule has 0 radical (unpaired) electrons. The molecule has 0 spiro atoms. The van der Waals surface area contributed by atoms with E-state index in [-0.39, 0.29) is 5.82 Å². The predicted octanol–water partition coefficient (Wildman–Crippen LogP) is 2.25. The molecule has 14 heavy (non-hydrogen) atoms. The maximum absolute atomic E-state index is 12.9. The van der Waals surface area contributed by atoms with Crippen molar-refractivity contribution in [1.29, 1.82) is 0 Å². The largest absolute Gasteiger partial charge is 0.312 e. The van der Waals surface area contributed by atoms with Crippen molar-refractivity contribution >= 4 is 0 Å². The summed E-state index contributed by atoms with van der Waals surface area (Å²) in [6.07, 6.45) is 5.83. The molecule has 0 aromatic heterocycles. The summed E-state index contributed by atoms with van der Waals surface area (Å²) in [5.74, 6) is 2.40. The molecular formula is C12H14FN. The topological polar surface area (TPSA) is 12.0 Å². The monoisotopic (exact) mass is 191 g/mol. The lowest BCUT2D eigenvalue weighted by atomic mass is 10.1. The Labute approximate surface area is 84.3 Å². The normalized spacial score (nSPS) is 9.79. The standard InChI is InChI=1S/C12H14FN/c1-3-4-7-14-9-11-5-6-12(13)10(2)8-11/h1,5-6,8,14H,4,7,9H2,2H3. The molecule has 0 fully saturated rings. The molecule has 0 heterocycles. The van der Waals surface area contributed by atoms with Crippen LogP contribution in [0.4, 0.5) is 4.39 Å². The van der Waals surface area contributed by atoms with Gasteiger partial charge in [-0.25, -0.2) is 4.39 Å². The van der Waals surface area contributed by atoms with Crippen LogP contribution in [0.25, 0.3) is 0 Å². The van der Waals surface area contributed by atoms with Gasteiger partial charge in [-0.05, 0) is 24.1 Å². The maximum atomic E-state index is 12.9. The fraction of sp³-hybridized carbons (Fsp3) is 0.333. The van der Waals surface area contributed by atoms with Crippen LogP contribution in [0.1, 0.15) is 17.5 Å². The Morgan fingerprint density at radius 3 is 2.93 bits per heavy atom. The Kier molecular flexibility index (Phi) is 4.15. The summed E-state index contributed by atoms with van der Waals surface area (Å²) in [4.78, 5) is 0. The second kappa shape index (κ2) is 5.41. The molecule has 1 aromatic rings. The molecule has 0 saturated carbocycles. The van der Waals surface area contributed by atoms with Crippen LogP contribution in [0.3, 0.4) is 0 Å². The van der Waals surface area contributed by atoms with Crippen LogP contribution in [-0.4, -0.2) is 6.54 Å². The van der Waals surface area contributed by atoms with Crippen LogP contribution in [0.5, 0.6) is 0 Å². The minimum atomic E-state index is -0.155. The van der Waals surface area contributed by atoms with Crippen LogP contribution in [0.15, 0.2) is 18.2 Å². The van der Waals surface area contributed by atoms with Gasteiger partial charge in [-0.3, -0.25) is 0 Å². The third-order valence-electron chi connectivity index (χ3n) is 2.00. The van der Waals surface area contributed by atoms with Gasteiger partial charge in [-0.1, -0.05) is 12.1 Å². The average molecular weight is 191 g/mol. The number of halogens is 1. The number of benzene rings is 1. The van der Waals surface area contributed by atoms with Crippen molar-refractivity contribution < 1.29 is 4.39 Å². The van der Waals surface area contributed by atoms with E-state index in [1.54, 1.807) is 13.0 Å². The molecular weight excluding hydrogens is 177 g/mol. The van der Waals surface area contributed by atoms with Gasteiger partial charge in [0.25, 0.3) is 0 Å². The van der Waals surface area contributed by atoms with E-state index in [0.717, 1.165) is 25.1 Å². The van der Waals surface area contributed by atoms with Crippen LogP contribution < -0.4 is 5.32 Å². The molecule has 0 aliphatic heterocycles. The quantitative estimate of drug-likeness (QED) is 0.568. The summed E-state index contributed by atoms with van der Waals surface area (Å²) in [6.45, 7) is 3.30. The summed E-state index contributed by atoms with van der Waals surface area (Å²) in [5, 5.41) is 3.18. The van der Waals surface area contributed by atoms with Gasteiger partial charge in [-0.2, -0.15) is 0 Å². The second-order valence-corrected chi connectivity index (χ2v) is 3.21. The van der Waals surface area contributed by atoms with Crippen LogP contribution >= 0.6 is 0 Å². The zero-order valence-electron chi connectivity index (χ0n) is 8.31. The Morgan fingerprint density at radius 2 is 2.29 bits per heavy atom. The van der Waals surface area contributed by atoms with Crippen molar-refractivity contribution in [2.24, 2.45) is 0 Å². The molecule has 0 aliphatic carbocycles. The lowest BCUT2D eigenvalue weighted by molar-refractivity contribution is 0.616. The highest BCUT2D eigenvalue weighted by Gasteiger charge is 1.97. The molecule has 74 valence electrons. The van der Waals surface area contributed by atoms with Gasteiger partial charge in [0.15, 0.2) is 0 Å². The van der Waals surface area contributed by atoms with Crippen molar-refractivity contribution in [3.8, 4) is 12.3 Å². The first kappa shape index (κ1) is 10.7. The van der Waals surface area contributed by atoms with E-state index < -0.39 is 0 Å². The van der Waals surface area contributed by atoms with Gasteiger partial charge in [0.2, 0.25) is 0 Å². The average Bonchev–Trinajstić information content (AvgIpc) is 2.18. The number of nitrogens with one attached hydrogen (secondary N) is 1. The first-order chi connectivity index (χ1) is 6.74. The lowest BCUT2D eigenvalue weighted by Gasteiger charge is -2.04. The molecule has 1 aromatic carbocycles. The molecule has 1 rings (SSSR count). The molecule has 0 bridgehead atoms. The minimum Gasteiger partial charge on any atom is -0.312 e. The third-order valence-corrected chi connectivity index (χ3v) is 2.00. The maximum Gasteiger partial charge on any atom is 0.126 e. The van der Waals surface area contributed by atoms with Gasteiger partial charge in [0.1, 0.15) is 5.82 Å². The van der Waals surface area contributed by atoms with Crippen molar-refractivity contribution in [1.82, 2.24) is 5.32 Å². The second-order valence-electron chi connectivity index (χ2n) is 3.21. The van der Waals surface area contributed by atoms with Gasteiger partial charge < -0.3 is 5.32 Å². The molecule has 0 unspecified atom stereocenters. The molecule has 1 nitrogen and oxygen atoms in total. The number of aryl methyl sites for hydroxylation is 1. The number of hydrogen-bond donors (Lipinski definition) is 1. The highest BCUT2D eigenvalue weighted by atomic mass is 19.1. The van der Waals surface area contributed by atoms with E-state index >= 15 is 0 Å². The summed E-state index contributed by atoms with van der Waals surface area (Å²) in [5.41, 5.74) is 1.77. The smallest absolute Gasteiger partial charge is 0.126 e. The Morgan fingerprint density at radius 1 is 1.50 bits per heavy atom. The van der Waals surface area contributed by atoms with E-state index in [0.29, 0.717) is 5.56 Å². The highest BCUT2D eigenvalue weighted by molar-refractivity contribution is 5.23. The van der Waals surface area contributed by atoms with Crippen molar-refractivity contribution in [3.63, 3.8) is 0 Å². The van der Waals surface area contributed by atoms with E-state index in [9.17, 15) is 4.39 Å². The van der Waals surface area contributed by atoms with Gasteiger partial charge in [0, 0.05) is 19.5 Å². The zero-order chi connectivity index (χ0) is 10.4. The van der Waals surface area contributed by atoms with Crippen LogP contribution in [-0.2, 0) is 6.54 Å². The molecule has 0 saturated heterocycles. The van der Waals surface area contributed by atoms with E-state index in [1.807, 2.05) is 6.07 Å².